The van der Waals surface area contributed by atoms with Crippen LogP contribution in [0.4, 0.5) is 0 Å². The van der Waals surface area contributed by atoms with Crippen LogP contribution in [-0.4, -0.2) is 39.0 Å². The number of rotatable bonds is 8. The van der Waals surface area contributed by atoms with Crippen molar-refractivity contribution in [3.8, 4) is 0 Å². The summed E-state index contributed by atoms with van der Waals surface area (Å²) in [5, 5.41) is 14.0. The van der Waals surface area contributed by atoms with Crippen molar-refractivity contribution in [3.63, 3.8) is 0 Å². The van der Waals surface area contributed by atoms with E-state index in [9.17, 15) is 14.7 Å². The van der Waals surface area contributed by atoms with E-state index in [1.54, 1.807) is 25.1 Å². The largest absolute Gasteiger partial charge is 0.392 e. The molecule has 0 fully saturated rings. The molecule has 1 heterocycles. The summed E-state index contributed by atoms with van der Waals surface area (Å²) in [6.45, 7) is 4.27. The number of nitrogens with zero attached hydrogens (tertiary/aromatic N) is 2. The molecule has 30 heavy (non-hydrogen) atoms. The molecule has 2 aromatic carbocycles. The second kappa shape index (κ2) is 10.1. The lowest BCUT2D eigenvalue weighted by Gasteiger charge is -2.15. The summed E-state index contributed by atoms with van der Waals surface area (Å²) in [5.41, 5.74) is 1.36. The summed E-state index contributed by atoms with van der Waals surface area (Å²) in [6, 6.07) is 14.9. The third-order valence-electron chi connectivity index (χ3n) is 4.64. The highest BCUT2D eigenvalue weighted by Crippen LogP contribution is 2.21. The van der Waals surface area contributed by atoms with Crippen molar-refractivity contribution in [2.45, 2.75) is 37.6 Å². The Morgan fingerprint density at radius 1 is 1.23 bits per heavy atom. The molecule has 0 radical (unpaired) electrons. The maximum absolute atomic E-state index is 12.9. The van der Waals surface area contributed by atoms with Gasteiger partial charge in [-0.2, -0.15) is 0 Å². The van der Waals surface area contributed by atoms with E-state index < -0.39 is 6.10 Å². The third kappa shape index (κ3) is 5.62. The molecule has 3 aromatic rings. The van der Waals surface area contributed by atoms with Gasteiger partial charge in [0.15, 0.2) is 5.16 Å². The van der Waals surface area contributed by atoms with Gasteiger partial charge in [0.2, 0.25) is 5.91 Å². The Balaban J connectivity index is 1.72. The summed E-state index contributed by atoms with van der Waals surface area (Å²) >= 11 is 7.20. The van der Waals surface area contributed by atoms with E-state index in [1.165, 1.54) is 16.3 Å². The predicted octanol–water partition coefficient (Wildman–Crippen LogP) is 3.44. The van der Waals surface area contributed by atoms with Crippen LogP contribution in [0.1, 0.15) is 25.3 Å². The molecule has 0 aliphatic carbocycles. The maximum Gasteiger partial charge on any atom is 0.262 e. The second-order valence-electron chi connectivity index (χ2n) is 7.23. The number of thioether (sulfide) groups is 1. The van der Waals surface area contributed by atoms with E-state index in [0.29, 0.717) is 27.6 Å². The van der Waals surface area contributed by atoms with Gasteiger partial charge in [-0.25, -0.2) is 4.98 Å². The number of carbonyl (C=O) groups is 1. The average Bonchev–Trinajstić information content (AvgIpc) is 2.73. The molecule has 158 valence electrons. The normalized spacial score (nSPS) is 13.2. The number of nitrogens with one attached hydrogen (secondary N) is 1. The van der Waals surface area contributed by atoms with Crippen LogP contribution in [0.15, 0.2) is 58.5 Å². The van der Waals surface area contributed by atoms with Crippen LogP contribution in [0.5, 0.6) is 0 Å². The fourth-order valence-electron chi connectivity index (χ4n) is 3.06. The zero-order valence-corrected chi connectivity index (χ0v) is 18.4. The fourth-order valence-corrected chi connectivity index (χ4v) is 4.06. The van der Waals surface area contributed by atoms with Crippen LogP contribution in [0, 0.1) is 0 Å². The van der Waals surface area contributed by atoms with Crippen molar-refractivity contribution in [1.82, 2.24) is 14.9 Å². The fraction of sp³-hybridized carbons (Fsp3) is 0.318. The van der Waals surface area contributed by atoms with Crippen LogP contribution in [0.25, 0.3) is 10.9 Å². The monoisotopic (exact) mass is 445 g/mol. The van der Waals surface area contributed by atoms with Crippen molar-refractivity contribution < 1.29 is 9.90 Å². The van der Waals surface area contributed by atoms with Gasteiger partial charge < -0.3 is 10.4 Å². The molecule has 3 rings (SSSR count). The summed E-state index contributed by atoms with van der Waals surface area (Å²) in [7, 11) is 0. The van der Waals surface area contributed by atoms with Crippen molar-refractivity contribution in [3.05, 3.63) is 69.5 Å². The molecule has 1 aromatic heterocycles. The molecular weight excluding hydrogens is 422 g/mol. The van der Waals surface area contributed by atoms with Crippen molar-refractivity contribution in [1.29, 1.82) is 0 Å². The van der Waals surface area contributed by atoms with E-state index in [0.717, 1.165) is 5.56 Å². The van der Waals surface area contributed by atoms with E-state index in [-0.39, 0.29) is 29.7 Å². The van der Waals surface area contributed by atoms with E-state index >= 15 is 0 Å². The highest BCUT2D eigenvalue weighted by atomic mass is 35.5. The number of aromatic nitrogens is 2. The quantitative estimate of drug-likeness (QED) is 0.410. The number of hydrogen-bond donors (Lipinski definition) is 2. The maximum atomic E-state index is 12.9. The number of amides is 1. The molecule has 0 aliphatic heterocycles. The van der Waals surface area contributed by atoms with Gasteiger partial charge in [0.1, 0.15) is 0 Å². The summed E-state index contributed by atoms with van der Waals surface area (Å²) < 4.78 is 1.41. The lowest BCUT2D eigenvalue weighted by Crippen LogP contribution is -2.30. The second-order valence-corrected chi connectivity index (χ2v) is 8.60. The number of carbonyl (C=O) groups excluding carboxylic acids is 1. The van der Waals surface area contributed by atoms with Gasteiger partial charge in [0.05, 0.1) is 29.3 Å². The molecule has 6 nitrogen and oxygen atoms in total. The lowest BCUT2D eigenvalue weighted by atomic mass is 10.0. The summed E-state index contributed by atoms with van der Waals surface area (Å²) in [5.74, 6) is 0.154. The molecule has 0 saturated heterocycles. The first-order valence-corrected chi connectivity index (χ1v) is 11.0. The van der Waals surface area contributed by atoms with Gasteiger partial charge in [0.25, 0.3) is 5.56 Å². The Morgan fingerprint density at radius 3 is 2.67 bits per heavy atom. The molecule has 0 unspecified atom stereocenters. The number of aliphatic hydroxyl groups excluding tert-OH is 1. The van der Waals surface area contributed by atoms with Gasteiger partial charge in [-0.3, -0.25) is 14.2 Å². The molecule has 8 heteroatoms. The first kappa shape index (κ1) is 22.3. The van der Waals surface area contributed by atoms with Crippen LogP contribution < -0.4 is 10.9 Å². The van der Waals surface area contributed by atoms with Crippen LogP contribution in [0.2, 0.25) is 5.02 Å². The zero-order valence-electron chi connectivity index (χ0n) is 16.8. The molecule has 0 spiro atoms. The Morgan fingerprint density at radius 2 is 1.97 bits per heavy atom. The topological polar surface area (TPSA) is 84.2 Å². The highest BCUT2D eigenvalue weighted by Gasteiger charge is 2.15. The number of halogens is 1. The van der Waals surface area contributed by atoms with Gasteiger partial charge >= 0.3 is 0 Å². The van der Waals surface area contributed by atoms with E-state index in [1.807, 2.05) is 30.3 Å². The minimum absolute atomic E-state index is 0.0966. The molecular formula is C22H24ClN3O3S. The van der Waals surface area contributed by atoms with Gasteiger partial charge in [-0.15, -0.1) is 0 Å². The van der Waals surface area contributed by atoms with Crippen molar-refractivity contribution >= 4 is 40.2 Å². The number of hydrogen-bond acceptors (Lipinski definition) is 5. The van der Waals surface area contributed by atoms with E-state index in [4.69, 9.17) is 11.6 Å². The van der Waals surface area contributed by atoms with Crippen LogP contribution >= 0.6 is 23.4 Å². The highest BCUT2D eigenvalue weighted by molar-refractivity contribution is 7.99. The lowest BCUT2D eigenvalue weighted by molar-refractivity contribution is -0.118. The van der Waals surface area contributed by atoms with Crippen molar-refractivity contribution in [2.75, 3.05) is 12.3 Å². The number of fused-ring (bicyclic) bond motifs is 1. The Hall–Kier alpha value is -2.35. The molecule has 0 saturated carbocycles. The first-order valence-electron chi connectivity index (χ1n) is 9.67. The number of aliphatic hydroxyl groups is 1. The van der Waals surface area contributed by atoms with Gasteiger partial charge in [-0.05, 0) is 36.6 Å². The Kier molecular flexibility index (Phi) is 7.53. The Labute approximate surface area is 184 Å². The first-order chi connectivity index (χ1) is 14.3. The zero-order chi connectivity index (χ0) is 21.7. The number of benzene rings is 2. The summed E-state index contributed by atoms with van der Waals surface area (Å²) in [6.07, 6.45) is -0.728. The minimum atomic E-state index is -0.728. The average molecular weight is 446 g/mol. The standard InChI is InChI=1S/C22H24ClN3O3S/c1-14(16-6-4-3-5-7-16)11-24-20(28)13-30-22-25-19-10-17(23)8-9-18(19)21(29)26(22)12-15(2)27/h3-10,14-15,27H,11-13H2,1-2H3,(H,24,28)/t14-,15+/m1/s1. The molecule has 2 N–H and O–H groups in total. The van der Waals surface area contributed by atoms with Crippen LogP contribution in [0.3, 0.4) is 0 Å². The molecule has 2 atom stereocenters. The van der Waals surface area contributed by atoms with Gasteiger partial charge in [0, 0.05) is 11.6 Å². The smallest absolute Gasteiger partial charge is 0.262 e. The third-order valence-corrected chi connectivity index (χ3v) is 5.85. The predicted molar refractivity (Wildman–Crippen MR) is 121 cm³/mol. The SMILES string of the molecule is C[C@H](O)Cn1c(SCC(=O)NC[C@@H](C)c2ccccc2)nc2cc(Cl)ccc2c1=O. The minimum Gasteiger partial charge on any atom is -0.392 e. The molecule has 0 aliphatic rings. The van der Waals surface area contributed by atoms with E-state index in [2.05, 4.69) is 17.2 Å². The van der Waals surface area contributed by atoms with Gasteiger partial charge in [-0.1, -0.05) is 60.6 Å². The van der Waals surface area contributed by atoms with Crippen molar-refractivity contribution in [2.24, 2.45) is 0 Å². The molecule has 0 bridgehead atoms. The molecule has 1 amide bonds. The summed E-state index contributed by atoms with van der Waals surface area (Å²) in [4.78, 5) is 29.8. The van der Waals surface area contributed by atoms with Crippen LogP contribution in [-0.2, 0) is 11.3 Å². The Bertz CT molecular complexity index is 1090.